The summed E-state index contributed by atoms with van der Waals surface area (Å²) in [6.45, 7) is 2.44. The van der Waals surface area contributed by atoms with E-state index >= 15 is 0 Å². The van der Waals surface area contributed by atoms with Crippen molar-refractivity contribution in [2.75, 3.05) is 11.9 Å². The van der Waals surface area contributed by atoms with Crippen LogP contribution in [0.3, 0.4) is 0 Å². The molecule has 7 heteroatoms. The second kappa shape index (κ2) is 6.40. The van der Waals surface area contributed by atoms with E-state index in [1.165, 1.54) is 12.8 Å². The van der Waals surface area contributed by atoms with E-state index < -0.39 is 5.97 Å². The number of aromatic nitrogens is 2. The van der Waals surface area contributed by atoms with Crippen molar-refractivity contribution >= 4 is 17.8 Å². The third kappa shape index (κ3) is 3.97. The summed E-state index contributed by atoms with van der Waals surface area (Å²) in [7, 11) is 0. The van der Waals surface area contributed by atoms with Gasteiger partial charge in [-0.1, -0.05) is 0 Å². The quantitative estimate of drug-likeness (QED) is 0.664. The molecule has 1 aliphatic carbocycles. The summed E-state index contributed by atoms with van der Waals surface area (Å²) in [6, 6.07) is 1.71. The molecule has 110 valence electrons. The molecule has 0 bridgehead atoms. The Morgan fingerprint density at radius 1 is 1.55 bits per heavy atom. The number of carboxylic acids is 1. The van der Waals surface area contributed by atoms with Crippen LogP contribution in [0.1, 0.15) is 38.6 Å². The van der Waals surface area contributed by atoms with E-state index in [1.807, 2.05) is 4.68 Å². The zero-order valence-corrected chi connectivity index (χ0v) is 11.5. The topological polar surface area (TPSA) is 96.3 Å². The smallest absolute Gasteiger partial charge is 0.320 e. The Kier molecular flexibility index (Phi) is 4.60. The fourth-order valence-corrected chi connectivity index (χ4v) is 2.12. The van der Waals surface area contributed by atoms with Crippen LogP contribution in [0.4, 0.5) is 10.6 Å². The summed E-state index contributed by atoms with van der Waals surface area (Å²) in [5.74, 6) is 0.456. The third-order valence-corrected chi connectivity index (χ3v) is 3.45. The lowest BCUT2D eigenvalue weighted by atomic mass is 10.2. The van der Waals surface area contributed by atoms with E-state index in [9.17, 15) is 9.59 Å². The first-order valence-electron chi connectivity index (χ1n) is 6.88. The van der Waals surface area contributed by atoms with E-state index in [4.69, 9.17) is 5.11 Å². The minimum atomic E-state index is -0.858. The van der Waals surface area contributed by atoms with Gasteiger partial charge in [-0.05, 0) is 32.1 Å². The molecule has 0 aromatic carbocycles. The second-order valence-corrected chi connectivity index (χ2v) is 5.12. The van der Waals surface area contributed by atoms with Crippen LogP contribution >= 0.6 is 0 Å². The number of carboxylic acid groups (broad SMARTS) is 1. The molecule has 2 amide bonds. The number of anilines is 1. The molecule has 20 heavy (non-hydrogen) atoms. The molecule has 1 aromatic heterocycles. The van der Waals surface area contributed by atoms with Crippen LogP contribution in [0.25, 0.3) is 0 Å². The summed E-state index contributed by atoms with van der Waals surface area (Å²) < 4.78 is 1.83. The van der Waals surface area contributed by atoms with E-state index in [0.717, 1.165) is 0 Å². The van der Waals surface area contributed by atoms with Gasteiger partial charge in [-0.3, -0.25) is 10.1 Å². The van der Waals surface area contributed by atoms with Crippen LogP contribution in [-0.4, -0.2) is 33.4 Å². The lowest BCUT2D eigenvalue weighted by molar-refractivity contribution is -0.137. The number of carbonyl (C=O) groups is 2. The van der Waals surface area contributed by atoms with Gasteiger partial charge in [0.1, 0.15) is 5.82 Å². The number of rotatable bonds is 7. The highest BCUT2D eigenvalue weighted by Gasteiger charge is 2.30. The molecule has 0 radical (unpaired) electrons. The number of amides is 2. The third-order valence-electron chi connectivity index (χ3n) is 3.45. The van der Waals surface area contributed by atoms with Crippen LogP contribution in [-0.2, 0) is 4.79 Å². The maximum absolute atomic E-state index is 11.7. The molecule has 7 nitrogen and oxygen atoms in total. The first-order chi connectivity index (χ1) is 9.58. The maximum Gasteiger partial charge on any atom is 0.320 e. The summed E-state index contributed by atoms with van der Waals surface area (Å²) in [5, 5.41) is 18.1. The molecule has 1 aliphatic rings. The summed E-state index contributed by atoms with van der Waals surface area (Å²) >= 11 is 0. The summed E-state index contributed by atoms with van der Waals surface area (Å²) in [6.07, 6.45) is 4.56. The Hall–Kier alpha value is -2.05. The number of urea groups is 1. The van der Waals surface area contributed by atoms with Crippen molar-refractivity contribution in [1.82, 2.24) is 15.1 Å². The number of carbonyl (C=O) groups excluding carboxylic acids is 1. The molecular weight excluding hydrogens is 260 g/mol. The van der Waals surface area contributed by atoms with Gasteiger partial charge in [0.05, 0.1) is 12.2 Å². The first kappa shape index (κ1) is 14.4. The van der Waals surface area contributed by atoms with Crippen molar-refractivity contribution in [2.45, 2.75) is 38.6 Å². The van der Waals surface area contributed by atoms with Crippen molar-refractivity contribution < 1.29 is 14.7 Å². The van der Waals surface area contributed by atoms with Crippen molar-refractivity contribution in [2.24, 2.45) is 5.92 Å². The fraction of sp³-hybridized carbons (Fsp3) is 0.615. The minimum Gasteiger partial charge on any atom is -0.481 e. The molecule has 1 aromatic rings. The highest BCUT2D eigenvalue weighted by Crippen LogP contribution is 2.40. The van der Waals surface area contributed by atoms with Gasteiger partial charge in [-0.25, -0.2) is 9.48 Å². The van der Waals surface area contributed by atoms with Crippen LogP contribution in [0.5, 0.6) is 0 Å². The Morgan fingerprint density at radius 2 is 2.30 bits per heavy atom. The van der Waals surface area contributed by atoms with Crippen LogP contribution in [0, 0.1) is 5.92 Å². The Bertz CT molecular complexity index is 482. The van der Waals surface area contributed by atoms with Gasteiger partial charge in [0, 0.05) is 19.0 Å². The molecule has 1 fully saturated rings. The Balaban J connectivity index is 1.79. The molecule has 1 atom stereocenters. The standard InChI is InChI=1S/C13H20N4O3/c1-9(10-4-5-10)17-11(6-8-15-17)16-13(20)14-7-2-3-12(18)19/h6,8-10H,2-5,7H2,1H3,(H,18,19)(H2,14,16,20). The molecule has 3 N–H and O–H groups in total. The van der Waals surface area contributed by atoms with Crippen molar-refractivity contribution in [1.29, 1.82) is 0 Å². The van der Waals surface area contributed by atoms with Gasteiger partial charge in [0.25, 0.3) is 0 Å². The van der Waals surface area contributed by atoms with Crippen molar-refractivity contribution in [3.63, 3.8) is 0 Å². The Labute approximate surface area is 117 Å². The maximum atomic E-state index is 11.7. The molecule has 0 spiro atoms. The lowest BCUT2D eigenvalue weighted by Gasteiger charge is -2.15. The normalized spacial score (nSPS) is 15.7. The number of aliphatic carboxylic acids is 1. The molecule has 0 aliphatic heterocycles. The van der Waals surface area contributed by atoms with Crippen LogP contribution in [0.2, 0.25) is 0 Å². The molecule has 2 rings (SSSR count). The van der Waals surface area contributed by atoms with Crippen LogP contribution < -0.4 is 10.6 Å². The van der Waals surface area contributed by atoms with Gasteiger partial charge in [0.15, 0.2) is 0 Å². The fourth-order valence-electron chi connectivity index (χ4n) is 2.12. The van der Waals surface area contributed by atoms with E-state index in [1.54, 1.807) is 12.3 Å². The number of nitrogens with zero attached hydrogens (tertiary/aromatic N) is 2. The number of hydrogen-bond donors (Lipinski definition) is 3. The molecular formula is C13H20N4O3. The highest BCUT2D eigenvalue weighted by atomic mass is 16.4. The predicted molar refractivity (Wildman–Crippen MR) is 73.6 cm³/mol. The van der Waals surface area contributed by atoms with Gasteiger partial charge >= 0.3 is 12.0 Å². The summed E-state index contributed by atoms with van der Waals surface area (Å²) in [5.41, 5.74) is 0. The number of nitrogens with one attached hydrogen (secondary N) is 2. The lowest BCUT2D eigenvalue weighted by Crippen LogP contribution is -2.31. The summed E-state index contributed by atoms with van der Waals surface area (Å²) in [4.78, 5) is 22.1. The Morgan fingerprint density at radius 3 is 2.95 bits per heavy atom. The second-order valence-electron chi connectivity index (χ2n) is 5.12. The molecule has 0 saturated heterocycles. The molecule has 1 unspecified atom stereocenters. The average Bonchev–Trinajstić information content (AvgIpc) is 3.15. The zero-order chi connectivity index (χ0) is 14.5. The molecule has 1 heterocycles. The monoisotopic (exact) mass is 280 g/mol. The highest BCUT2D eigenvalue weighted by molar-refractivity contribution is 5.88. The van der Waals surface area contributed by atoms with E-state index in [0.29, 0.717) is 24.7 Å². The zero-order valence-electron chi connectivity index (χ0n) is 11.5. The van der Waals surface area contributed by atoms with Crippen molar-refractivity contribution in [3.8, 4) is 0 Å². The van der Waals surface area contributed by atoms with Gasteiger partial charge in [0.2, 0.25) is 0 Å². The van der Waals surface area contributed by atoms with E-state index in [-0.39, 0.29) is 18.5 Å². The first-order valence-corrected chi connectivity index (χ1v) is 6.88. The van der Waals surface area contributed by atoms with Gasteiger partial charge < -0.3 is 10.4 Å². The van der Waals surface area contributed by atoms with Crippen molar-refractivity contribution in [3.05, 3.63) is 12.3 Å². The van der Waals surface area contributed by atoms with Gasteiger partial charge in [-0.15, -0.1) is 0 Å². The SMILES string of the molecule is CC(C1CC1)n1nccc1NC(=O)NCCCC(=O)O. The number of hydrogen-bond acceptors (Lipinski definition) is 3. The molecule has 1 saturated carbocycles. The van der Waals surface area contributed by atoms with E-state index in [2.05, 4.69) is 22.7 Å². The predicted octanol–water partition coefficient (Wildman–Crippen LogP) is 1.84. The average molecular weight is 280 g/mol. The van der Waals surface area contributed by atoms with Crippen LogP contribution in [0.15, 0.2) is 12.3 Å². The largest absolute Gasteiger partial charge is 0.481 e. The van der Waals surface area contributed by atoms with Gasteiger partial charge in [-0.2, -0.15) is 5.10 Å². The minimum absolute atomic E-state index is 0.0525.